The molecule has 0 bridgehead atoms. The molecule has 396 valence electrons. The van der Waals surface area contributed by atoms with E-state index in [1.807, 2.05) is 91.0 Å². The summed E-state index contributed by atoms with van der Waals surface area (Å²) in [6.07, 6.45) is -12.7. The lowest BCUT2D eigenvalue weighted by Gasteiger charge is -2.47. The van der Waals surface area contributed by atoms with Crippen molar-refractivity contribution < 1.29 is 71.3 Å². The van der Waals surface area contributed by atoms with Crippen molar-refractivity contribution in [2.75, 3.05) is 20.3 Å². The molecule has 10 atom stereocenters. The van der Waals surface area contributed by atoms with Crippen LogP contribution < -0.4 is 0 Å². The maximum Gasteiger partial charge on any atom is 0.338 e. The molecule has 15 heteroatoms. The molecule has 0 aliphatic carbocycles. The van der Waals surface area contributed by atoms with Gasteiger partial charge in [-0.1, -0.05) is 164 Å². The first-order valence-electron chi connectivity index (χ1n) is 25.2. The number of esters is 4. The topological polar surface area (TPSA) is 170 Å². The van der Waals surface area contributed by atoms with Gasteiger partial charge in [-0.15, -0.1) is 0 Å². The van der Waals surface area contributed by atoms with Gasteiger partial charge in [0.25, 0.3) is 0 Å². The second kappa shape index (κ2) is 27.3. The van der Waals surface area contributed by atoms with Crippen LogP contribution in [-0.2, 0) is 71.9 Å². The molecule has 0 spiro atoms. The summed E-state index contributed by atoms with van der Waals surface area (Å²) >= 11 is 0. The van der Waals surface area contributed by atoms with Crippen LogP contribution in [0.5, 0.6) is 0 Å². The number of rotatable bonds is 22. The van der Waals surface area contributed by atoms with Crippen LogP contribution in [0.25, 0.3) is 0 Å². The van der Waals surface area contributed by atoms with E-state index in [1.165, 1.54) is 7.11 Å². The second-order valence-electron chi connectivity index (χ2n) is 18.1. The fourth-order valence-electron chi connectivity index (χ4n) is 8.92. The molecule has 7 aromatic rings. The van der Waals surface area contributed by atoms with Gasteiger partial charge in [0.1, 0.15) is 37.1 Å². The zero-order chi connectivity index (χ0) is 53.2. The van der Waals surface area contributed by atoms with Crippen molar-refractivity contribution in [3.05, 3.63) is 251 Å². The summed E-state index contributed by atoms with van der Waals surface area (Å²) in [7, 11) is 1.49. The molecule has 77 heavy (non-hydrogen) atoms. The number of hydrogen-bond donors (Lipinski definition) is 0. The van der Waals surface area contributed by atoms with E-state index in [0.29, 0.717) is 0 Å². The van der Waals surface area contributed by atoms with Crippen molar-refractivity contribution in [1.29, 1.82) is 0 Å². The maximum atomic E-state index is 14.3. The molecule has 0 amide bonds. The molecule has 2 fully saturated rings. The Hall–Kier alpha value is -7.86. The van der Waals surface area contributed by atoms with Gasteiger partial charge >= 0.3 is 23.9 Å². The summed E-state index contributed by atoms with van der Waals surface area (Å²) in [4.78, 5) is 56.4. The normalized spacial score (nSPS) is 23.0. The molecule has 15 nitrogen and oxygen atoms in total. The average Bonchev–Trinajstić information content (AvgIpc) is 3.50. The van der Waals surface area contributed by atoms with E-state index in [4.69, 9.17) is 52.1 Å². The summed E-state index contributed by atoms with van der Waals surface area (Å²) in [5.41, 5.74) is 3.31. The molecule has 0 N–H and O–H groups in total. The molecular weight excluding hydrogens is 985 g/mol. The van der Waals surface area contributed by atoms with Crippen molar-refractivity contribution in [3.8, 4) is 0 Å². The van der Waals surface area contributed by atoms with E-state index >= 15 is 0 Å². The molecule has 0 aromatic heterocycles. The third kappa shape index (κ3) is 14.5. The molecule has 4 unspecified atom stereocenters. The van der Waals surface area contributed by atoms with Crippen LogP contribution in [0.4, 0.5) is 0 Å². The Bertz CT molecular complexity index is 2920. The molecule has 2 aliphatic heterocycles. The molecule has 2 saturated heterocycles. The summed E-state index contributed by atoms with van der Waals surface area (Å²) in [5.74, 6) is -3.26. The van der Waals surface area contributed by atoms with Gasteiger partial charge in [0, 0.05) is 7.11 Å². The van der Waals surface area contributed by atoms with E-state index in [9.17, 15) is 19.2 Å². The maximum absolute atomic E-state index is 14.3. The highest BCUT2D eigenvalue weighted by atomic mass is 16.8. The first-order valence-corrected chi connectivity index (χ1v) is 25.2. The van der Waals surface area contributed by atoms with Gasteiger partial charge in [-0.3, -0.25) is 0 Å². The second-order valence-corrected chi connectivity index (χ2v) is 18.1. The van der Waals surface area contributed by atoms with Gasteiger partial charge in [0.15, 0.2) is 30.9 Å². The lowest BCUT2D eigenvalue weighted by atomic mass is 9.96. The molecule has 7 aromatic carbocycles. The van der Waals surface area contributed by atoms with Crippen LogP contribution in [-0.4, -0.2) is 106 Å². The fourth-order valence-corrected chi connectivity index (χ4v) is 8.92. The molecule has 2 heterocycles. The van der Waals surface area contributed by atoms with Gasteiger partial charge in [0.05, 0.1) is 48.7 Å². The number of hydrogen-bond acceptors (Lipinski definition) is 15. The number of benzene rings is 7. The third-order valence-electron chi connectivity index (χ3n) is 12.8. The smallest absolute Gasteiger partial charge is 0.338 e. The first kappa shape index (κ1) is 53.9. The quantitative estimate of drug-likeness (QED) is 0.0464. The minimum atomic E-state index is -1.66. The number of carbonyl (C=O) groups excluding carboxylic acids is 4. The average molecular weight is 1040 g/mol. The first-order chi connectivity index (χ1) is 37.8. The predicted molar refractivity (Wildman–Crippen MR) is 279 cm³/mol. The highest BCUT2D eigenvalue weighted by Gasteiger charge is 2.55. The zero-order valence-electron chi connectivity index (χ0n) is 42.1. The molecule has 0 saturated carbocycles. The molecule has 2 aliphatic rings. The Balaban J connectivity index is 1.10. The Morgan fingerprint density at radius 1 is 0.338 bits per heavy atom. The Kier molecular flexibility index (Phi) is 19.1. The van der Waals surface area contributed by atoms with Crippen LogP contribution in [0, 0.1) is 0 Å². The van der Waals surface area contributed by atoms with Crippen molar-refractivity contribution in [2.45, 2.75) is 81.2 Å². The van der Waals surface area contributed by atoms with Crippen molar-refractivity contribution in [1.82, 2.24) is 0 Å². The van der Waals surface area contributed by atoms with Gasteiger partial charge in [0.2, 0.25) is 0 Å². The highest BCUT2D eigenvalue weighted by Crippen LogP contribution is 2.35. The van der Waals surface area contributed by atoms with Gasteiger partial charge in [-0.2, -0.15) is 0 Å². The molecular formula is C62H58O15. The SMILES string of the molecule is CO[C@H]1OC(CO[C@@H]2OC(COC(=O)c3ccccc3)[C@@H](OC(=O)c3ccccc3)[C@H](OC(=O)c3ccccc3)C2OC(=O)c2ccccc2)[C@@H](OCc2ccccc2)[C@H](OCc2ccccc2)C1OCc1ccccc1. The highest BCUT2D eigenvalue weighted by molar-refractivity contribution is 5.91. The van der Waals surface area contributed by atoms with E-state index in [-0.39, 0.29) is 48.7 Å². The monoisotopic (exact) mass is 1040 g/mol. The summed E-state index contributed by atoms with van der Waals surface area (Å²) in [6, 6.07) is 61.6. The summed E-state index contributed by atoms with van der Waals surface area (Å²) in [6.45, 7) is -0.437. The van der Waals surface area contributed by atoms with E-state index in [1.54, 1.807) is 121 Å². The van der Waals surface area contributed by atoms with Gasteiger partial charge in [-0.05, 0) is 65.2 Å². The molecule has 9 rings (SSSR count). The van der Waals surface area contributed by atoms with Gasteiger partial charge < -0.3 is 52.1 Å². The molecule has 0 radical (unpaired) electrons. The lowest BCUT2D eigenvalue weighted by Crippen LogP contribution is -2.64. The Labute approximate surface area is 446 Å². The van der Waals surface area contributed by atoms with E-state index < -0.39 is 91.9 Å². The number of ether oxygens (including phenoxy) is 11. The Morgan fingerprint density at radius 3 is 1.10 bits per heavy atom. The summed E-state index contributed by atoms with van der Waals surface area (Å²) in [5, 5.41) is 0. The van der Waals surface area contributed by atoms with Crippen LogP contribution in [0.15, 0.2) is 212 Å². The third-order valence-corrected chi connectivity index (χ3v) is 12.8. The van der Waals surface area contributed by atoms with Crippen molar-refractivity contribution in [3.63, 3.8) is 0 Å². The van der Waals surface area contributed by atoms with Crippen LogP contribution in [0.1, 0.15) is 58.1 Å². The van der Waals surface area contributed by atoms with E-state index in [0.717, 1.165) is 16.7 Å². The standard InChI is InChI=1S/C62H58O15/c1-67-61-55(70-39-44-27-13-4-14-28-44)53(69-38-43-25-11-3-12-26-43)51(68-37-42-23-9-2-10-24-42)49(73-61)41-72-62-56(77-60(66)48-35-21-8-22-36-48)54(76-59(65)47-33-19-7-20-34-47)52(75-58(64)46-31-17-6-18-32-46)50(74-62)40-71-57(63)45-29-15-5-16-30-45/h2-36,49-56,61-62H,37-41H2,1H3/t49?,50?,51-,52-,53+,54+,55?,56?,61+,62-/m1/s1. The van der Waals surface area contributed by atoms with E-state index in [2.05, 4.69) is 0 Å². The Morgan fingerprint density at radius 2 is 0.675 bits per heavy atom. The van der Waals surface area contributed by atoms with Gasteiger partial charge in [-0.25, -0.2) is 19.2 Å². The minimum absolute atomic E-state index is 0.123. The largest absolute Gasteiger partial charge is 0.459 e. The fraction of sp³-hybridized carbons (Fsp3) is 0.258. The number of carbonyl (C=O) groups is 4. The predicted octanol–water partition coefficient (Wildman–Crippen LogP) is 9.39. The van der Waals surface area contributed by atoms with Crippen LogP contribution in [0.2, 0.25) is 0 Å². The van der Waals surface area contributed by atoms with Crippen molar-refractivity contribution >= 4 is 23.9 Å². The zero-order valence-corrected chi connectivity index (χ0v) is 42.1. The lowest BCUT2D eigenvalue weighted by molar-refractivity contribution is -0.340. The number of methoxy groups -OCH3 is 1. The van der Waals surface area contributed by atoms with Crippen molar-refractivity contribution in [2.24, 2.45) is 0 Å². The van der Waals surface area contributed by atoms with Crippen LogP contribution >= 0.6 is 0 Å². The van der Waals surface area contributed by atoms with Crippen LogP contribution in [0.3, 0.4) is 0 Å². The summed E-state index contributed by atoms with van der Waals surface area (Å²) < 4.78 is 71.3. The minimum Gasteiger partial charge on any atom is -0.459 e.